The van der Waals surface area contributed by atoms with Crippen molar-refractivity contribution in [1.82, 2.24) is 9.80 Å². The maximum absolute atomic E-state index is 6.19. The molecule has 3 aliphatic rings. The maximum atomic E-state index is 6.19. The van der Waals surface area contributed by atoms with Crippen molar-refractivity contribution in [3.8, 4) is 11.5 Å². The summed E-state index contributed by atoms with van der Waals surface area (Å²) >= 11 is 0. The number of nitrogens with zero attached hydrogens (tertiary/aromatic N) is 2. The second-order valence-electron chi connectivity index (χ2n) is 8.93. The molecular formula is C26H34N2O3. The average molecular weight is 423 g/mol. The number of hydrogen-bond donors (Lipinski definition) is 0. The Morgan fingerprint density at radius 1 is 0.968 bits per heavy atom. The van der Waals surface area contributed by atoms with Crippen molar-refractivity contribution in [3.63, 3.8) is 0 Å². The molecule has 166 valence electrons. The lowest BCUT2D eigenvalue weighted by Gasteiger charge is -2.37. The molecule has 0 unspecified atom stereocenters. The van der Waals surface area contributed by atoms with Crippen molar-refractivity contribution in [1.29, 1.82) is 0 Å². The van der Waals surface area contributed by atoms with Gasteiger partial charge in [-0.15, -0.1) is 0 Å². The third-order valence-electron chi connectivity index (χ3n) is 7.08. The molecule has 5 nitrogen and oxygen atoms in total. The highest BCUT2D eigenvalue weighted by molar-refractivity contribution is 5.47. The zero-order valence-corrected chi connectivity index (χ0v) is 18.6. The Kier molecular flexibility index (Phi) is 6.44. The Balaban J connectivity index is 1.29. The van der Waals surface area contributed by atoms with Gasteiger partial charge in [0, 0.05) is 38.1 Å². The molecular weight excluding hydrogens is 388 g/mol. The van der Waals surface area contributed by atoms with Crippen LogP contribution in [-0.2, 0) is 4.74 Å². The van der Waals surface area contributed by atoms with Crippen molar-refractivity contribution in [2.45, 2.75) is 31.2 Å². The number of fused-ring (bicyclic) bond motifs is 3. The quantitative estimate of drug-likeness (QED) is 0.628. The first-order valence-corrected chi connectivity index (χ1v) is 11.8. The van der Waals surface area contributed by atoms with E-state index in [1.54, 1.807) is 7.11 Å². The van der Waals surface area contributed by atoms with E-state index in [0.29, 0.717) is 12.0 Å². The molecule has 0 radical (unpaired) electrons. The lowest BCUT2D eigenvalue weighted by atomic mass is 9.81. The summed E-state index contributed by atoms with van der Waals surface area (Å²) in [4.78, 5) is 5.13. The van der Waals surface area contributed by atoms with Gasteiger partial charge in [-0.25, -0.2) is 0 Å². The molecule has 2 fully saturated rings. The summed E-state index contributed by atoms with van der Waals surface area (Å²) in [5.74, 6) is 2.34. The predicted octanol–water partition coefficient (Wildman–Crippen LogP) is 4.08. The third kappa shape index (κ3) is 4.59. The number of rotatable bonds is 7. The Morgan fingerprint density at radius 2 is 1.77 bits per heavy atom. The molecule has 0 amide bonds. The van der Waals surface area contributed by atoms with E-state index in [4.69, 9.17) is 14.2 Å². The monoisotopic (exact) mass is 422 g/mol. The molecule has 31 heavy (non-hydrogen) atoms. The van der Waals surface area contributed by atoms with Crippen LogP contribution in [0.1, 0.15) is 47.9 Å². The minimum atomic E-state index is 0.408. The van der Waals surface area contributed by atoms with Gasteiger partial charge in [0.05, 0.1) is 26.9 Å². The predicted molar refractivity (Wildman–Crippen MR) is 122 cm³/mol. The first-order valence-electron chi connectivity index (χ1n) is 11.8. The Bertz CT molecular complexity index is 863. The Labute approximate surface area is 185 Å². The highest BCUT2D eigenvalue weighted by Gasteiger charge is 2.36. The minimum Gasteiger partial charge on any atom is -0.497 e. The molecule has 0 aromatic heterocycles. The van der Waals surface area contributed by atoms with Gasteiger partial charge in [0.15, 0.2) is 0 Å². The number of morpholine rings is 1. The van der Waals surface area contributed by atoms with Crippen molar-refractivity contribution < 1.29 is 14.2 Å². The van der Waals surface area contributed by atoms with Gasteiger partial charge >= 0.3 is 0 Å². The van der Waals surface area contributed by atoms with Gasteiger partial charge in [-0.2, -0.15) is 0 Å². The molecule has 5 rings (SSSR count). The molecule has 3 aliphatic heterocycles. The molecule has 0 N–H and O–H groups in total. The van der Waals surface area contributed by atoms with Crippen LogP contribution < -0.4 is 9.47 Å². The average Bonchev–Trinajstić information content (AvgIpc) is 3.31. The zero-order chi connectivity index (χ0) is 21.0. The van der Waals surface area contributed by atoms with Crippen LogP contribution in [0.4, 0.5) is 0 Å². The molecule has 2 atom stereocenters. The van der Waals surface area contributed by atoms with Crippen LogP contribution >= 0.6 is 0 Å². The number of methoxy groups -OCH3 is 1. The van der Waals surface area contributed by atoms with Crippen molar-refractivity contribution in [3.05, 3.63) is 59.2 Å². The van der Waals surface area contributed by atoms with Crippen molar-refractivity contribution in [2.75, 3.05) is 59.7 Å². The van der Waals surface area contributed by atoms with Crippen LogP contribution in [0.2, 0.25) is 0 Å². The van der Waals surface area contributed by atoms with E-state index >= 15 is 0 Å². The molecule has 2 aromatic rings. The SMILES string of the molecule is COc1ccc([C@H]2CN3CCC[C@@H]3c3cc(OCCCN4CCOCC4)ccc32)cc1. The van der Waals surface area contributed by atoms with Gasteiger partial charge in [0.25, 0.3) is 0 Å². The molecule has 0 aliphatic carbocycles. The fourth-order valence-electron chi connectivity index (χ4n) is 5.40. The van der Waals surface area contributed by atoms with E-state index in [1.807, 2.05) is 0 Å². The fourth-order valence-corrected chi connectivity index (χ4v) is 5.40. The van der Waals surface area contributed by atoms with Crippen molar-refractivity contribution in [2.24, 2.45) is 0 Å². The second-order valence-corrected chi connectivity index (χ2v) is 8.93. The molecule has 2 saturated heterocycles. The molecule has 0 spiro atoms. The number of benzene rings is 2. The van der Waals surface area contributed by atoms with E-state index in [2.05, 4.69) is 52.3 Å². The lowest BCUT2D eigenvalue weighted by molar-refractivity contribution is 0.0358. The largest absolute Gasteiger partial charge is 0.497 e. The van der Waals surface area contributed by atoms with Crippen LogP contribution in [0, 0.1) is 0 Å². The molecule has 2 aromatic carbocycles. The molecule has 3 heterocycles. The van der Waals surface area contributed by atoms with E-state index in [0.717, 1.165) is 63.9 Å². The van der Waals surface area contributed by atoms with Crippen LogP contribution in [0.15, 0.2) is 42.5 Å². The summed E-state index contributed by atoms with van der Waals surface area (Å²) in [5, 5.41) is 0. The Morgan fingerprint density at radius 3 is 2.58 bits per heavy atom. The summed E-state index contributed by atoms with van der Waals surface area (Å²) in [6.45, 7) is 7.96. The van der Waals surface area contributed by atoms with Gasteiger partial charge in [0.1, 0.15) is 11.5 Å². The lowest BCUT2D eigenvalue weighted by Crippen LogP contribution is -2.37. The van der Waals surface area contributed by atoms with Gasteiger partial charge in [-0.1, -0.05) is 18.2 Å². The second kappa shape index (κ2) is 9.60. The maximum Gasteiger partial charge on any atom is 0.119 e. The van der Waals surface area contributed by atoms with Gasteiger partial charge < -0.3 is 14.2 Å². The topological polar surface area (TPSA) is 34.2 Å². The van der Waals surface area contributed by atoms with Crippen LogP contribution in [0.5, 0.6) is 11.5 Å². The summed E-state index contributed by atoms with van der Waals surface area (Å²) in [6, 6.07) is 16.0. The number of hydrogen-bond acceptors (Lipinski definition) is 5. The molecule has 0 saturated carbocycles. The summed E-state index contributed by atoms with van der Waals surface area (Å²) in [5.41, 5.74) is 4.30. The van der Waals surface area contributed by atoms with Gasteiger partial charge in [0.2, 0.25) is 0 Å². The summed E-state index contributed by atoms with van der Waals surface area (Å²) < 4.78 is 17.0. The highest BCUT2D eigenvalue weighted by Crippen LogP contribution is 2.45. The standard InChI is InChI=1S/C26H34N2O3/c1-29-21-7-5-20(6-8-21)25-19-28-12-2-4-26(28)24-18-22(9-10-23(24)25)31-15-3-11-27-13-16-30-17-14-27/h5-10,18,25-26H,2-4,11-17,19H2,1H3/t25-,26-/m1/s1. The smallest absolute Gasteiger partial charge is 0.119 e. The first kappa shape index (κ1) is 20.8. The van der Waals surface area contributed by atoms with E-state index in [-0.39, 0.29) is 0 Å². The molecule has 0 bridgehead atoms. The van der Waals surface area contributed by atoms with Crippen LogP contribution in [0.3, 0.4) is 0 Å². The Hall–Kier alpha value is -2.08. The normalized spacial score (nSPS) is 23.9. The first-order chi connectivity index (χ1) is 15.3. The summed E-state index contributed by atoms with van der Waals surface area (Å²) in [6.07, 6.45) is 3.59. The van der Waals surface area contributed by atoms with E-state index in [1.165, 1.54) is 36.1 Å². The highest BCUT2D eigenvalue weighted by atomic mass is 16.5. The van der Waals surface area contributed by atoms with E-state index in [9.17, 15) is 0 Å². The minimum absolute atomic E-state index is 0.408. The zero-order valence-electron chi connectivity index (χ0n) is 18.6. The fraction of sp³-hybridized carbons (Fsp3) is 0.538. The van der Waals surface area contributed by atoms with Crippen molar-refractivity contribution >= 4 is 0 Å². The summed E-state index contributed by atoms with van der Waals surface area (Å²) in [7, 11) is 1.72. The van der Waals surface area contributed by atoms with Crippen LogP contribution in [-0.4, -0.2) is 69.5 Å². The van der Waals surface area contributed by atoms with Gasteiger partial charge in [-0.05, 0) is 66.8 Å². The molecule has 5 heteroatoms. The van der Waals surface area contributed by atoms with Crippen LogP contribution in [0.25, 0.3) is 0 Å². The van der Waals surface area contributed by atoms with E-state index < -0.39 is 0 Å². The van der Waals surface area contributed by atoms with Gasteiger partial charge in [-0.3, -0.25) is 9.80 Å². The third-order valence-corrected chi connectivity index (χ3v) is 7.08. The number of ether oxygens (including phenoxy) is 3.